The summed E-state index contributed by atoms with van der Waals surface area (Å²) in [7, 11) is 0. The fourth-order valence-electron chi connectivity index (χ4n) is 0.233. The molecule has 0 saturated heterocycles. The van der Waals surface area contributed by atoms with E-state index in [0.717, 1.165) is 0 Å². The first-order valence-electron chi connectivity index (χ1n) is 2.16. The van der Waals surface area contributed by atoms with E-state index in [9.17, 15) is 4.79 Å². The molecule has 1 N–H and O–H groups in total. The molecule has 0 aromatic carbocycles. The van der Waals surface area contributed by atoms with Gasteiger partial charge in [-0.15, -0.1) is 34.8 Å². The second-order valence-corrected chi connectivity index (χ2v) is 2.75. The van der Waals surface area contributed by atoms with E-state index in [1.54, 1.807) is 0 Å². The Hall–Kier alpha value is 0.340. The molecule has 0 radical (unpaired) electrons. The lowest BCUT2D eigenvalue weighted by Crippen LogP contribution is -2.25. The number of aliphatic carboxylic acids is 1. The van der Waals surface area contributed by atoms with E-state index in [1.165, 1.54) is 0 Å². The summed E-state index contributed by atoms with van der Waals surface area (Å²) in [6, 6.07) is 0. The molecule has 2 nitrogen and oxygen atoms in total. The number of halogens is 3. The van der Waals surface area contributed by atoms with Crippen LogP contribution < -0.4 is 0 Å². The average Bonchev–Trinajstić information content (AvgIpc) is 1.84. The van der Waals surface area contributed by atoms with Crippen molar-refractivity contribution in [1.82, 2.24) is 0 Å². The summed E-state index contributed by atoms with van der Waals surface area (Å²) in [6.45, 7) is 0. The van der Waals surface area contributed by atoms with Crippen molar-refractivity contribution in [3.8, 4) is 0 Å². The van der Waals surface area contributed by atoms with E-state index in [1.807, 2.05) is 0 Å². The van der Waals surface area contributed by atoms with Crippen LogP contribution in [0.1, 0.15) is 0 Å². The van der Waals surface area contributed by atoms with Crippen LogP contribution in [0.5, 0.6) is 0 Å². The van der Waals surface area contributed by atoms with Crippen molar-refractivity contribution in [3.63, 3.8) is 0 Å². The van der Waals surface area contributed by atoms with Gasteiger partial charge in [-0.1, -0.05) is 0 Å². The molecule has 0 aromatic heterocycles. The molecule has 0 unspecified atom stereocenters. The molecular weight excluding hydrogens is 186 g/mol. The zero-order valence-corrected chi connectivity index (χ0v) is 6.62. The Morgan fingerprint density at radius 2 is 2.00 bits per heavy atom. The zero-order valence-electron chi connectivity index (χ0n) is 4.35. The van der Waals surface area contributed by atoms with Crippen molar-refractivity contribution in [2.24, 2.45) is 0 Å². The third-order valence-electron chi connectivity index (χ3n) is 0.701. The Kier molecular flexibility index (Phi) is 4.36. The number of hydrogen-bond donors (Lipinski definition) is 1. The van der Waals surface area contributed by atoms with Gasteiger partial charge in [-0.25, -0.2) is 0 Å². The van der Waals surface area contributed by atoms with Crippen LogP contribution in [0.2, 0.25) is 0 Å². The quantitative estimate of drug-likeness (QED) is 0.687. The molecule has 0 aliphatic rings. The predicted molar refractivity (Wildman–Crippen MR) is 37.6 cm³/mol. The summed E-state index contributed by atoms with van der Waals surface area (Å²) in [5.41, 5.74) is 0. The van der Waals surface area contributed by atoms with Gasteiger partial charge >= 0.3 is 5.97 Å². The molecule has 54 valence electrons. The van der Waals surface area contributed by atoms with Crippen molar-refractivity contribution >= 4 is 40.8 Å². The van der Waals surface area contributed by atoms with Gasteiger partial charge in [0.05, 0.1) is 5.38 Å². The van der Waals surface area contributed by atoms with Crippen LogP contribution in [0.3, 0.4) is 0 Å². The van der Waals surface area contributed by atoms with Gasteiger partial charge in [0.25, 0.3) is 0 Å². The Bertz CT molecular complexity index is 106. The molecule has 5 heteroatoms. The molecule has 0 bridgehead atoms. The minimum Gasteiger partial charge on any atom is -0.480 e. The number of rotatable bonds is 3. The van der Waals surface area contributed by atoms with Crippen LogP contribution in [0.4, 0.5) is 0 Å². The molecule has 0 amide bonds. The van der Waals surface area contributed by atoms with Crippen molar-refractivity contribution in [1.29, 1.82) is 0 Å². The molecule has 0 spiro atoms. The normalized spacial score (nSPS) is 16.8. The minimum absolute atomic E-state index is 0.0437. The fourth-order valence-corrected chi connectivity index (χ4v) is 0.699. The van der Waals surface area contributed by atoms with Crippen molar-refractivity contribution < 1.29 is 9.90 Å². The number of alkyl halides is 3. The van der Waals surface area contributed by atoms with Gasteiger partial charge < -0.3 is 5.11 Å². The van der Waals surface area contributed by atoms with Gasteiger partial charge in [0, 0.05) is 5.88 Å². The summed E-state index contributed by atoms with van der Waals surface area (Å²) in [6.07, 6.45) is 0. The van der Waals surface area contributed by atoms with Gasteiger partial charge in [-0.3, -0.25) is 4.79 Å². The van der Waals surface area contributed by atoms with E-state index in [-0.39, 0.29) is 5.88 Å². The molecule has 2 atom stereocenters. The number of hydrogen-bond acceptors (Lipinski definition) is 1. The minimum atomic E-state index is -1.14. The first kappa shape index (κ1) is 9.34. The summed E-state index contributed by atoms with van der Waals surface area (Å²) in [5, 5.41) is 6.41. The summed E-state index contributed by atoms with van der Waals surface area (Å²) >= 11 is 15.8. The molecule has 0 aliphatic heterocycles. The molecule has 0 heterocycles. The highest BCUT2D eigenvalue weighted by Gasteiger charge is 2.22. The molecule has 0 fully saturated rings. The fraction of sp³-hybridized carbons (Fsp3) is 0.750. The van der Waals surface area contributed by atoms with Gasteiger partial charge in [0.15, 0.2) is 0 Å². The Labute approximate surface area is 67.7 Å². The van der Waals surface area contributed by atoms with E-state index in [4.69, 9.17) is 39.9 Å². The van der Waals surface area contributed by atoms with Crippen LogP contribution in [0.25, 0.3) is 0 Å². The van der Waals surface area contributed by atoms with Gasteiger partial charge in [0.2, 0.25) is 0 Å². The Morgan fingerprint density at radius 1 is 1.56 bits per heavy atom. The molecule has 0 aliphatic carbocycles. The Balaban J connectivity index is 3.72. The van der Waals surface area contributed by atoms with Crippen molar-refractivity contribution in [2.75, 3.05) is 5.88 Å². The highest BCUT2D eigenvalue weighted by atomic mass is 35.5. The summed E-state index contributed by atoms with van der Waals surface area (Å²) in [4.78, 5) is 10.0. The molecule has 0 aromatic rings. The number of carboxylic acids is 1. The van der Waals surface area contributed by atoms with Gasteiger partial charge in [-0.05, 0) is 0 Å². The average molecular weight is 191 g/mol. The topological polar surface area (TPSA) is 37.3 Å². The van der Waals surface area contributed by atoms with Gasteiger partial charge in [-0.2, -0.15) is 0 Å². The summed E-state index contributed by atoms with van der Waals surface area (Å²) in [5.74, 6) is -1.10. The monoisotopic (exact) mass is 190 g/mol. The lowest BCUT2D eigenvalue weighted by atomic mass is 10.3. The van der Waals surface area contributed by atoms with Crippen LogP contribution in [-0.2, 0) is 4.79 Å². The van der Waals surface area contributed by atoms with Gasteiger partial charge in [0.1, 0.15) is 5.38 Å². The van der Waals surface area contributed by atoms with Crippen LogP contribution in [-0.4, -0.2) is 27.7 Å². The molecule has 0 saturated carbocycles. The highest BCUT2D eigenvalue weighted by Crippen LogP contribution is 2.11. The van der Waals surface area contributed by atoms with E-state index in [0.29, 0.717) is 0 Å². The van der Waals surface area contributed by atoms with Crippen LogP contribution in [0.15, 0.2) is 0 Å². The van der Waals surface area contributed by atoms with Crippen LogP contribution in [0, 0.1) is 0 Å². The molecule has 0 rings (SSSR count). The van der Waals surface area contributed by atoms with E-state index in [2.05, 4.69) is 0 Å². The van der Waals surface area contributed by atoms with E-state index < -0.39 is 16.7 Å². The maximum Gasteiger partial charge on any atom is 0.323 e. The third kappa shape index (κ3) is 3.14. The first-order chi connectivity index (χ1) is 4.09. The predicted octanol–water partition coefficient (Wildman–Crippen LogP) is 1.52. The number of carboxylic acid groups (broad SMARTS) is 1. The van der Waals surface area contributed by atoms with Crippen molar-refractivity contribution in [3.05, 3.63) is 0 Å². The zero-order chi connectivity index (χ0) is 7.44. The summed E-state index contributed by atoms with van der Waals surface area (Å²) < 4.78 is 0. The molecule has 9 heavy (non-hydrogen) atoms. The first-order valence-corrected chi connectivity index (χ1v) is 3.57. The highest BCUT2D eigenvalue weighted by molar-refractivity contribution is 6.38. The second-order valence-electron chi connectivity index (χ2n) is 1.41. The van der Waals surface area contributed by atoms with Crippen molar-refractivity contribution in [2.45, 2.75) is 10.8 Å². The molecular formula is C4H5Cl3O2. The third-order valence-corrected chi connectivity index (χ3v) is 2.22. The van der Waals surface area contributed by atoms with Crippen LogP contribution >= 0.6 is 34.8 Å². The Morgan fingerprint density at radius 3 is 2.11 bits per heavy atom. The standard InChI is InChI=1S/C4H5Cl3O2/c5-1-2(6)3(7)4(8)9/h2-3H,1H2,(H,8,9)/t2-,3+/m0/s1. The largest absolute Gasteiger partial charge is 0.480 e. The maximum atomic E-state index is 10.0. The maximum absolute atomic E-state index is 10.0. The lowest BCUT2D eigenvalue weighted by Gasteiger charge is -2.06. The number of carbonyl (C=O) groups is 1. The second kappa shape index (κ2) is 4.20. The SMILES string of the molecule is O=C(O)[C@H](Cl)[C@@H](Cl)CCl. The lowest BCUT2D eigenvalue weighted by molar-refractivity contribution is -0.136. The smallest absolute Gasteiger partial charge is 0.323 e. The van der Waals surface area contributed by atoms with E-state index >= 15 is 0 Å².